The molecule has 20 heavy (non-hydrogen) atoms. The van der Waals surface area contributed by atoms with Crippen molar-refractivity contribution in [1.29, 1.82) is 0 Å². The van der Waals surface area contributed by atoms with E-state index in [0.717, 1.165) is 43.8 Å². The molecule has 1 spiro atoms. The van der Waals surface area contributed by atoms with Gasteiger partial charge in [0.05, 0.1) is 0 Å². The smallest absolute Gasteiger partial charge is 0.125 e. The van der Waals surface area contributed by atoms with Gasteiger partial charge in [0.25, 0.3) is 0 Å². The highest BCUT2D eigenvalue weighted by molar-refractivity contribution is 5.40. The molecular weight excluding hydrogens is 255 g/mol. The van der Waals surface area contributed by atoms with Gasteiger partial charge in [-0.3, -0.25) is 0 Å². The predicted molar refractivity (Wildman–Crippen MR) is 77.4 cm³/mol. The summed E-state index contributed by atoms with van der Waals surface area (Å²) in [5, 5.41) is 6.92. The quantitative estimate of drug-likeness (QED) is 0.872. The van der Waals surface area contributed by atoms with E-state index in [-0.39, 0.29) is 17.5 Å². The fourth-order valence-corrected chi connectivity index (χ4v) is 3.54. The van der Waals surface area contributed by atoms with Gasteiger partial charge in [0.15, 0.2) is 0 Å². The third kappa shape index (κ3) is 2.31. The molecule has 0 aliphatic carbocycles. The SMILES string of the molecule is CCNC1CC2(CCNCC2C)Oc2ccc(F)cc21. The normalized spacial score (nSPS) is 32.8. The molecule has 1 fully saturated rings. The fourth-order valence-electron chi connectivity index (χ4n) is 3.54. The first-order valence-electron chi connectivity index (χ1n) is 7.57. The lowest BCUT2D eigenvalue weighted by Crippen LogP contribution is -2.56. The van der Waals surface area contributed by atoms with Gasteiger partial charge in [-0.25, -0.2) is 4.39 Å². The highest BCUT2D eigenvalue weighted by Crippen LogP contribution is 2.45. The van der Waals surface area contributed by atoms with Crippen LogP contribution in [0.2, 0.25) is 0 Å². The summed E-state index contributed by atoms with van der Waals surface area (Å²) in [5.74, 6) is 1.11. The van der Waals surface area contributed by atoms with Crippen molar-refractivity contribution < 1.29 is 9.13 Å². The van der Waals surface area contributed by atoms with Crippen LogP contribution in [0.25, 0.3) is 0 Å². The average molecular weight is 278 g/mol. The van der Waals surface area contributed by atoms with Crippen LogP contribution in [0.1, 0.15) is 38.3 Å². The molecule has 110 valence electrons. The Balaban J connectivity index is 1.98. The average Bonchev–Trinajstić information content (AvgIpc) is 2.44. The van der Waals surface area contributed by atoms with E-state index in [0.29, 0.717) is 5.92 Å². The van der Waals surface area contributed by atoms with Gasteiger partial charge >= 0.3 is 0 Å². The summed E-state index contributed by atoms with van der Waals surface area (Å²) in [5.41, 5.74) is 0.839. The van der Waals surface area contributed by atoms with Gasteiger partial charge in [-0.2, -0.15) is 0 Å². The van der Waals surface area contributed by atoms with Crippen molar-refractivity contribution in [2.75, 3.05) is 19.6 Å². The second-order valence-electron chi connectivity index (χ2n) is 6.02. The largest absolute Gasteiger partial charge is 0.486 e. The summed E-state index contributed by atoms with van der Waals surface area (Å²) in [7, 11) is 0. The molecule has 4 heteroatoms. The number of hydrogen-bond acceptors (Lipinski definition) is 3. The van der Waals surface area contributed by atoms with Gasteiger partial charge in [-0.05, 0) is 37.7 Å². The molecule has 3 atom stereocenters. The molecule has 0 saturated carbocycles. The monoisotopic (exact) mass is 278 g/mol. The minimum Gasteiger partial charge on any atom is -0.486 e. The van der Waals surface area contributed by atoms with Crippen molar-refractivity contribution in [3.05, 3.63) is 29.6 Å². The first-order chi connectivity index (χ1) is 9.64. The molecule has 0 radical (unpaired) electrons. The van der Waals surface area contributed by atoms with E-state index in [4.69, 9.17) is 4.74 Å². The summed E-state index contributed by atoms with van der Waals surface area (Å²) in [6, 6.07) is 5.07. The summed E-state index contributed by atoms with van der Waals surface area (Å²) in [6.45, 7) is 7.18. The molecule has 0 aromatic heterocycles. The number of halogens is 1. The Morgan fingerprint density at radius 3 is 3.10 bits per heavy atom. The molecule has 0 bridgehead atoms. The van der Waals surface area contributed by atoms with Crippen LogP contribution in [0.3, 0.4) is 0 Å². The van der Waals surface area contributed by atoms with Crippen molar-refractivity contribution in [2.45, 2.75) is 38.3 Å². The number of benzene rings is 1. The molecule has 3 rings (SSSR count). The Kier molecular flexibility index (Phi) is 3.69. The van der Waals surface area contributed by atoms with E-state index in [2.05, 4.69) is 24.5 Å². The van der Waals surface area contributed by atoms with E-state index < -0.39 is 0 Å². The van der Waals surface area contributed by atoms with Crippen LogP contribution in [0, 0.1) is 11.7 Å². The van der Waals surface area contributed by atoms with Gasteiger partial charge in [-0.1, -0.05) is 13.8 Å². The predicted octanol–water partition coefficient (Wildman–Crippen LogP) is 2.63. The molecule has 2 aliphatic rings. The van der Waals surface area contributed by atoms with Crippen LogP contribution < -0.4 is 15.4 Å². The summed E-state index contributed by atoms with van der Waals surface area (Å²) in [6.07, 6.45) is 1.92. The van der Waals surface area contributed by atoms with Crippen molar-refractivity contribution in [1.82, 2.24) is 10.6 Å². The number of rotatable bonds is 2. The van der Waals surface area contributed by atoms with E-state index in [9.17, 15) is 4.39 Å². The molecule has 0 amide bonds. The summed E-state index contributed by atoms with van der Waals surface area (Å²) < 4.78 is 19.9. The zero-order valence-electron chi connectivity index (χ0n) is 12.2. The lowest BCUT2D eigenvalue weighted by atomic mass is 9.75. The minimum absolute atomic E-state index is 0.122. The molecular formula is C16H23FN2O. The Labute approximate surface area is 119 Å². The van der Waals surface area contributed by atoms with Gasteiger partial charge < -0.3 is 15.4 Å². The Morgan fingerprint density at radius 2 is 2.35 bits per heavy atom. The van der Waals surface area contributed by atoms with E-state index >= 15 is 0 Å². The van der Waals surface area contributed by atoms with E-state index in [1.165, 1.54) is 6.07 Å². The van der Waals surface area contributed by atoms with Crippen LogP contribution in [0.4, 0.5) is 4.39 Å². The lowest BCUT2D eigenvalue weighted by Gasteiger charge is -2.48. The lowest BCUT2D eigenvalue weighted by molar-refractivity contribution is -0.0372. The highest BCUT2D eigenvalue weighted by atomic mass is 19.1. The first kappa shape index (κ1) is 13.8. The van der Waals surface area contributed by atoms with E-state index in [1.54, 1.807) is 12.1 Å². The van der Waals surface area contributed by atoms with Crippen LogP contribution >= 0.6 is 0 Å². The van der Waals surface area contributed by atoms with Gasteiger partial charge in [0, 0.05) is 30.5 Å². The Morgan fingerprint density at radius 1 is 1.50 bits per heavy atom. The van der Waals surface area contributed by atoms with Crippen molar-refractivity contribution in [3.8, 4) is 5.75 Å². The minimum atomic E-state index is -0.190. The number of hydrogen-bond donors (Lipinski definition) is 2. The summed E-state index contributed by atoms with van der Waals surface area (Å²) >= 11 is 0. The first-order valence-corrected chi connectivity index (χ1v) is 7.57. The Hall–Kier alpha value is -1.13. The number of nitrogens with one attached hydrogen (secondary N) is 2. The maximum absolute atomic E-state index is 13.5. The molecule has 1 aromatic carbocycles. The van der Waals surface area contributed by atoms with Crippen LogP contribution in [-0.2, 0) is 0 Å². The maximum Gasteiger partial charge on any atom is 0.125 e. The fraction of sp³-hybridized carbons (Fsp3) is 0.625. The standard InChI is InChI=1S/C16H23FN2O/c1-3-19-14-9-16(6-7-18-10-11(16)2)20-15-5-4-12(17)8-13(14)15/h4-5,8,11,14,18-19H,3,6-7,9-10H2,1-2H3. The van der Waals surface area contributed by atoms with Crippen LogP contribution in [0.15, 0.2) is 18.2 Å². The number of fused-ring (bicyclic) bond motifs is 1. The van der Waals surface area contributed by atoms with Gasteiger partial charge in [-0.15, -0.1) is 0 Å². The number of ether oxygens (including phenoxy) is 1. The zero-order valence-corrected chi connectivity index (χ0v) is 12.2. The van der Waals surface area contributed by atoms with Crippen molar-refractivity contribution in [3.63, 3.8) is 0 Å². The van der Waals surface area contributed by atoms with Crippen LogP contribution in [0.5, 0.6) is 5.75 Å². The van der Waals surface area contributed by atoms with Gasteiger partial charge in [0.2, 0.25) is 0 Å². The van der Waals surface area contributed by atoms with E-state index in [1.807, 2.05) is 0 Å². The van der Waals surface area contributed by atoms with Crippen LogP contribution in [-0.4, -0.2) is 25.2 Å². The molecule has 3 unspecified atom stereocenters. The zero-order chi connectivity index (χ0) is 14.2. The maximum atomic E-state index is 13.5. The molecule has 1 saturated heterocycles. The molecule has 2 heterocycles. The molecule has 2 aliphatic heterocycles. The topological polar surface area (TPSA) is 33.3 Å². The third-order valence-electron chi connectivity index (χ3n) is 4.73. The molecule has 2 N–H and O–H groups in total. The van der Waals surface area contributed by atoms with Crippen molar-refractivity contribution >= 4 is 0 Å². The van der Waals surface area contributed by atoms with Crippen molar-refractivity contribution in [2.24, 2.45) is 5.92 Å². The molecule has 1 aromatic rings. The third-order valence-corrected chi connectivity index (χ3v) is 4.73. The second kappa shape index (κ2) is 5.34. The molecule has 3 nitrogen and oxygen atoms in total. The summed E-state index contributed by atoms with van der Waals surface area (Å²) in [4.78, 5) is 0. The highest BCUT2D eigenvalue weighted by Gasteiger charge is 2.46. The van der Waals surface area contributed by atoms with Gasteiger partial charge in [0.1, 0.15) is 17.2 Å². The number of piperidine rings is 1. The second-order valence-corrected chi connectivity index (χ2v) is 6.02. The Bertz CT molecular complexity index is 493.